The lowest BCUT2D eigenvalue weighted by molar-refractivity contribution is -0.146. The van der Waals surface area contributed by atoms with Crippen LogP contribution in [0.15, 0.2) is 12.2 Å². The zero-order valence-electron chi connectivity index (χ0n) is 10.9. The summed E-state index contributed by atoms with van der Waals surface area (Å²) >= 11 is 0. The summed E-state index contributed by atoms with van der Waals surface area (Å²) in [6, 6.07) is -1.07. The van der Waals surface area contributed by atoms with Gasteiger partial charge in [-0.05, 0) is 26.2 Å². The second-order valence-corrected chi connectivity index (χ2v) is 6.39. The minimum atomic E-state index is -5.45. The van der Waals surface area contributed by atoms with Crippen LogP contribution in [0.1, 0.15) is 32.6 Å². The summed E-state index contributed by atoms with van der Waals surface area (Å²) in [6.07, 6.45) is 0.794. The Kier molecular flexibility index (Phi) is 5.20. The van der Waals surface area contributed by atoms with Crippen molar-refractivity contribution in [3.05, 3.63) is 12.2 Å². The molecule has 2 atom stereocenters. The molecule has 0 aromatic heterocycles. The van der Waals surface area contributed by atoms with Gasteiger partial charge in [-0.1, -0.05) is 13.0 Å². The molecule has 116 valence electrons. The maximum atomic E-state index is 12.3. The largest absolute Gasteiger partial charge is 0.511 e. The van der Waals surface area contributed by atoms with Crippen molar-refractivity contribution < 1.29 is 31.1 Å². The number of hydrogen-bond acceptors (Lipinski definition) is 4. The number of esters is 1. The minimum absolute atomic E-state index is 0.105. The molecule has 0 amide bonds. The van der Waals surface area contributed by atoms with Crippen LogP contribution in [0, 0.1) is 0 Å². The van der Waals surface area contributed by atoms with Gasteiger partial charge in [-0.25, -0.2) is 17.9 Å². The van der Waals surface area contributed by atoms with Crippen LogP contribution in [0.5, 0.6) is 0 Å². The Labute approximate surface area is 115 Å². The molecule has 1 aliphatic carbocycles. The summed E-state index contributed by atoms with van der Waals surface area (Å²) in [7, 11) is -5.45. The zero-order chi connectivity index (χ0) is 15.6. The van der Waals surface area contributed by atoms with E-state index < -0.39 is 33.6 Å². The van der Waals surface area contributed by atoms with Gasteiger partial charge in [-0.2, -0.15) is 13.2 Å². The van der Waals surface area contributed by atoms with E-state index >= 15 is 0 Å². The molecule has 0 aliphatic heterocycles. The maximum Gasteiger partial charge on any atom is 0.511 e. The van der Waals surface area contributed by atoms with E-state index in [1.54, 1.807) is 4.72 Å². The third kappa shape index (κ3) is 4.20. The molecule has 1 fully saturated rings. The van der Waals surface area contributed by atoms with Crippen LogP contribution in [0.25, 0.3) is 0 Å². The van der Waals surface area contributed by atoms with Gasteiger partial charge in [0.2, 0.25) is 0 Å². The van der Waals surface area contributed by atoms with Gasteiger partial charge in [0.05, 0.1) is 6.04 Å². The molecule has 0 saturated heterocycles. The molecule has 1 aliphatic rings. The number of alkyl halides is 3. The molecular formula is C11H16F3NO4S. The van der Waals surface area contributed by atoms with Crippen molar-refractivity contribution in [3.8, 4) is 0 Å². The van der Waals surface area contributed by atoms with E-state index in [4.69, 9.17) is 4.74 Å². The van der Waals surface area contributed by atoms with E-state index in [1.807, 2.05) is 0 Å². The lowest BCUT2D eigenvalue weighted by Crippen LogP contribution is -2.50. The molecule has 1 N–H and O–H groups in total. The summed E-state index contributed by atoms with van der Waals surface area (Å²) < 4.78 is 65.7. The van der Waals surface area contributed by atoms with Gasteiger partial charge in [-0.15, -0.1) is 0 Å². The Bertz CT molecular complexity index is 486. The van der Waals surface area contributed by atoms with E-state index in [0.717, 1.165) is 0 Å². The predicted molar refractivity (Wildman–Crippen MR) is 65.1 cm³/mol. The molecule has 9 heteroatoms. The van der Waals surface area contributed by atoms with E-state index in [2.05, 4.69) is 6.58 Å². The lowest BCUT2D eigenvalue weighted by atomic mass is 9.93. The molecule has 1 saturated carbocycles. The first kappa shape index (κ1) is 17.0. The highest BCUT2D eigenvalue weighted by atomic mass is 32.2. The van der Waals surface area contributed by atoms with Crippen molar-refractivity contribution >= 4 is 16.0 Å². The molecule has 0 radical (unpaired) electrons. The Hall–Kier alpha value is -1.09. The monoisotopic (exact) mass is 315 g/mol. The number of carbonyl (C=O) groups is 1. The van der Waals surface area contributed by atoms with E-state index in [0.29, 0.717) is 19.3 Å². The van der Waals surface area contributed by atoms with Gasteiger partial charge in [0, 0.05) is 5.57 Å². The third-order valence-electron chi connectivity index (χ3n) is 2.92. The van der Waals surface area contributed by atoms with E-state index in [1.165, 1.54) is 6.92 Å². The first-order valence-electron chi connectivity index (χ1n) is 5.99. The fourth-order valence-electron chi connectivity index (χ4n) is 1.88. The summed E-state index contributed by atoms with van der Waals surface area (Å²) in [6.45, 7) is 4.77. The van der Waals surface area contributed by atoms with Crippen LogP contribution in [0.3, 0.4) is 0 Å². The Morgan fingerprint density at radius 3 is 2.35 bits per heavy atom. The standard InChI is InChI=1S/C11H16F3NO4S/c1-7(2)10(16)19-9-6-4-3-5-8(9)15-20(17,18)11(12,13)14/h8-9,15H,1,3-6H2,2H3. The van der Waals surface area contributed by atoms with Crippen LogP contribution in [0.4, 0.5) is 13.2 Å². The zero-order valence-corrected chi connectivity index (χ0v) is 11.7. The first-order chi connectivity index (χ1) is 9.04. The van der Waals surface area contributed by atoms with Crippen molar-refractivity contribution in [2.45, 2.75) is 50.3 Å². The molecule has 0 aromatic rings. The van der Waals surface area contributed by atoms with Crippen LogP contribution in [0.2, 0.25) is 0 Å². The summed E-state index contributed by atoms with van der Waals surface area (Å²) in [5.74, 6) is -0.742. The van der Waals surface area contributed by atoms with Crippen molar-refractivity contribution in [3.63, 3.8) is 0 Å². The molecule has 1 rings (SSSR count). The van der Waals surface area contributed by atoms with Crippen LogP contribution in [-0.2, 0) is 19.6 Å². The second kappa shape index (κ2) is 6.13. The first-order valence-corrected chi connectivity index (χ1v) is 7.48. The molecule has 20 heavy (non-hydrogen) atoms. The third-order valence-corrected chi connectivity index (χ3v) is 4.14. The summed E-state index contributed by atoms with van der Waals surface area (Å²) in [5.41, 5.74) is -5.28. The molecule has 0 bridgehead atoms. The van der Waals surface area contributed by atoms with Crippen molar-refractivity contribution in [1.29, 1.82) is 0 Å². The predicted octanol–water partition coefficient (Wildman–Crippen LogP) is 1.86. The highest BCUT2D eigenvalue weighted by molar-refractivity contribution is 7.90. The van der Waals surface area contributed by atoms with Crippen LogP contribution < -0.4 is 4.72 Å². The number of ether oxygens (including phenoxy) is 1. The topological polar surface area (TPSA) is 72.5 Å². The molecular weight excluding hydrogens is 299 g/mol. The lowest BCUT2D eigenvalue weighted by Gasteiger charge is -2.31. The van der Waals surface area contributed by atoms with E-state index in [9.17, 15) is 26.4 Å². The Morgan fingerprint density at radius 2 is 1.85 bits per heavy atom. The van der Waals surface area contributed by atoms with Gasteiger partial charge in [0.1, 0.15) is 6.10 Å². The second-order valence-electron chi connectivity index (χ2n) is 4.68. The number of nitrogens with one attached hydrogen (secondary N) is 1. The quantitative estimate of drug-likeness (QED) is 0.635. The number of rotatable bonds is 4. The average molecular weight is 315 g/mol. The summed E-state index contributed by atoms with van der Waals surface area (Å²) in [5, 5.41) is 0. The van der Waals surface area contributed by atoms with E-state index in [-0.39, 0.29) is 12.0 Å². The Balaban J connectivity index is 2.80. The molecule has 5 nitrogen and oxygen atoms in total. The number of carbonyl (C=O) groups excluding carboxylic acids is 1. The average Bonchev–Trinajstić information content (AvgIpc) is 2.29. The normalized spacial score (nSPS) is 24.2. The molecule has 0 aromatic carbocycles. The van der Waals surface area contributed by atoms with Gasteiger partial charge < -0.3 is 4.74 Å². The SMILES string of the molecule is C=C(C)C(=O)OC1CCCCC1NS(=O)(=O)C(F)(F)F. The maximum absolute atomic E-state index is 12.3. The van der Waals surface area contributed by atoms with Crippen molar-refractivity contribution in [1.82, 2.24) is 4.72 Å². The smallest absolute Gasteiger partial charge is 0.457 e. The molecule has 2 unspecified atom stereocenters. The summed E-state index contributed by atoms with van der Waals surface area (Å²) in [4.78, 5) is 11.4. The highest BCUT2D eigenvalue weighted by Gasteiger charge is 2.48. The van der Waals surface area contributed by atoms with Gasteiger partial charge >= 0.3 is 21.5 Å². The molecule has 0 spiro atoms. The van der Waals surface area contributed by atoms with Gasteiger partial charge in [0.15, 0.2) is 0 Å². The minimum Gasteiger partial charge on any atom is -0.457 e. The Morgan fingerprint density at radius 1 is 1.30 bits per heavy atom. The highest BCUT2D eigenvalue weighted by Crippen LogP contribution is 2.27. The van der Waals surface area contributed by atoms with Gasteiger partial charge in [-0.3, -0.25) is 0 Å². The van der Waals surface area contributed by atoms with Crippen molar-refractivity contribution in [2.75, 3.05) is 0 Å². The van der Waals surface area contributed by atoms with Gasteiger partial charge in [0.25, 0.3) is 0 Å². The fourth-order valence-corrected chi connectivity index (χ4v) is 2.68. The number of halogens is 3. The number of sulfonamides is 1. The van der Waals surface area contributed by atoms with Crippen LogP contribution in [-0.4, -0.2) is 32.0 Å². The van der Waals surface area contributed by atoms with Crippen molar-refractivity contribution in [2.24, 2.45) is 0 Å². The number of hydrogen-bond donors (Lipinski definition) is 1. The van der Waals surface area contributed by atoms with Crippen LogP contribution >= 0.6 is 0 Å². The fraction of sp³-hybridized carbons (Fsp3) is 0.727. The molecule has 0 heterocycles.